The number of nitrogens with two attached hydrogens (primary N) is 1. The first kappa shape index (κ1) is 15.0. The first-order chi connectivity index (χ1) is 10.7. The Balaban J connectivity index is 1.50. The van der Waals surface area contributed by atoms with Crippen molar-refractivity contribution in [3.63, 3.8) is 0 Å². The Kier molecular flexibility index (Phi) is 4.69. The zero-order valence-electron chi connectivity index (χ0n) is 12.3. The van der Waals surface area contributed by atoms with Gasteiger partial charge < -0.3 is 16.4 Å². The third kappa shape index (κ3) is 3.83. The number of hydrogen-bond donors (Lipinski definition) is 3. The quantitative estimate of drug-likeness (QED) is 0.753. The third-order valence-electron chi connectivity index (χ3n) is 3.72. The van der Waals surface area contributed by atoms with Gasteiger partial charge in [0.15, 0.2) is 5.13 Å². The van der Waals surface area contributed by atoms with Crippen LogP contribution in [0.4, 0.5) is 5.13 Å². The summed E-state index contributed by atoms with van der Waals surface area (Å²) in [5.74, 6) is 0.374. The maximum absolute atomic E-state index is 11.9. The van der Waals surface area contributed by atoms with E-state index >= 15 is 0 Å². The molecule has 1 atom stereocenters. The van der Waals surface area contributed by atoms with Crippen molar-refractivity contribution >= 4 is 22.4 Å². The Morgan fingerprint density at radius 3 is 3.23 bits per heavy atom. The van der Waals surface area contributed by atoms with E-state index in [1.165, 1.54) is 17.8 Å². The van der Waals surface area contributed by atoms with Gasteiger partial charge in [0.25, 0.3) is 0 Å². The molecule has 2 aromatic rings. The van der Waals surface area contributed by atoms with Gasteiger partial charge in [-0.05, 0) is 25.5 Å². The summed E-state index contributed by atoms with van der Waals surface area (Å²) in [6, 6.07) is 2.01. The summed E-state index contributed by atoms with van der Waals surface area (Å²) in [5, 5.41) is 13.1. The largest absolute Gasteiger partial charge is 0.375 e. The number of nitrogens with one attached hydrogen (secondary N) is 2. The predicted molar refractivity (Wildman–Crippen MR) is 85.4 cm³/mol. The van der Waals surface area contributed by atoms with Gasteiger partial charge in [0.2, 0.25) is 5.91 Å². The van der Waals surface area contributed by atoms with Gasteiger partial charge in [-0.1, -0.05) is 0 Å². The zero-order chi connectivity index (χ0) is 15.4. The highest BCUT2D eigenvalue weighted by molar-refractivity contribution is 7.13. The van der Waals surface area contributed by atoms with Crippen molar-refractivity contribution in [2.45, 2.75) is 31.8 Å². The van der Waals surface area contributed by atoms with Crippen molar-refractivity contribution in [2.75, 3.05) is 18.8 Å². The molecular weight excluding hydrogens is 300 g/mol. The van der Waals surface area contributed by atoms with Crippen LogP contribution in [-0.4, -0.2) is 33.8 Å². The molecule has 22 heavy (non-hydrogen) atoms. The zero-order valence-corrected chi connectivity index (χ0v) is 13.1. The van der Waals surface area contributed by atoms with Crippen LogP contribution in [0, 0.1) is 0 Å². The molecule has 118 valence electrons. The number of thiazole rings is 1. The van der Waals surface area contributed by atoms with Gasteiger partial charge >= 0.3 is 0 Å². The molecule has 0 unspecified atom stereocenters. The van der Waals surface area contributed by atoms with Gasteiger partial charge in [0.1, 0.15) is 6.54 Å². The molecule has 1 amide bonds. The van der Waals surface area contributed by atoms with E-state index in [-0.39, 0.29) is 12.5 Å². The number of nitrogens with zero attached hydrogens (tertiary/aromatic N) is 3. The van der Waals surface area contributed by atoms with E-state index in [4.69, 9.17) is 5.73 Å². The molecule has 0 spiro atoms. The van der Waals surface area contributed by atoms with Crippen LogP contribution in [0.15, 0.2) is 17.6 Å². The number of aromatic nitrogens is 3. The Morgan fingerprint density at radius 2 is 2.50 bits per heavy atom. The van der Waals surface area contributed by atoms with Gasteiger partial charge in [-0.15, -0.1) is 11.3 Å². The lowest BCUT2D eigenvalue weighted by Gasteiger charge is -2.20. The van der Waals surface area contributed by atoms with Gasteiger partial charge in [0, 0.05) is 24.0 Å². The molecule has 3 rings (SSSR count). The first-order valence-electron chi connectivity index (χ1n) is 7.41. The van der Waals surface area contributed by atoms with Crippen LogP contribution in [0.2, 0.25) is 0 Å². The lowest BCUT2D eigenvalue weighted by Crippen LogP contribution is -2.29. The van der Waals surface area contributed by atoms with Crippen LogP contribution in [0.3, 0.4) is 0 Å². The fourth-order valence-corrected chi connectivity index (χ4v) is 3.15. The molecular formula is C14H20N6OS. The molecule has 0 saturated carbocycles. The number of anilines is 1. The minimum Gasteiger partial charge on any atom is -0.375 e. The van der Waals surface area contributed by atoms with E-state index in [9.17, 15) is 4.79 Å². The van der Waals surface area contributed by atoms with Crippen LogP contribution < -0.4 is 16.4 Å². The number of rotatable bonds is 5. The summed E-state index contributed by atoms with van der Waals surface area (Å²) < 4.78 is 1.69. The van der Waals surface area contributed by atoms with Crippen LogP contribution in [0.25, 0.3) is 0 Å². The van der Waals surface area contributed by atoms with Gasteiger partial charge in [-0.2, -0.15) is 5.10 Å². The van der Waals surface area contributed by atoms with Crippen molar-refractivity contribution in [3.05, 3.63) is 29.0 Å². The number of nitrogen functional groups attached to an aromatic ring is 1. The highest BCUT2D eigenvalue weighted by Gasteiger charge is 2.17. The fraction of sp³-hybridized carbons (Fsp3) is 0.500. The fourth-order valence-electron chi connectivity index (χ4n) is 2.58. The Labute approximate surface area is 132 Å². The Morgan fingerprint density at radius 1 is 1.59 bits per heavy atom. The first-order valence-corrected chi connectivity index (χ1v) is 8.29. The van der Waals surface area contributed by atoms with Crippen molar-refractivity contribution in [3.8, 4) is 0 Å². The molecule has 2 aromatic heterocycles. The average Bonchev–Trinajstić information content (AvgIpc) is 3.15. The second kappa shape index (κ2) is 6.89. The molecule has 0 aromatic carbocycles. The van der Waals surface area contributed by atoms with Crippen LogP contribution in [0.5, 0.6) is 0 Å². The SMILES string of the molecule is Nc1nc(CNC(=O)Cn2ccc([C@H]3CCCNC3)n2)cs1. The predicted octanol–water partition coefficient (Wildman–Crippen LogP) is 0.705. The Hall–Kier alpha value is -1.93. The van der Waals surface area contributed by atoms with E-state index in [0.717, 1.165) is 30.9 Å². The normalized spacial score (nSPS) is 18.3. The lowest BCUT2D eigenvalue weighted by molar-refractivity contribution is -0.122. The van der Waals surface area contributed by atoms with Crippen LogP contribution in [0.1, 0.15) is 30.1 Å². The minimum absolute atomic E-state index is 0.0806. The monoisotopic (exact) mass is 320 g/mol. The number of amides is 1. The van der Waals surface area contributed by atoms with Crippen LogP contribution in [-0.2, 0) is 17.9 Å². The molecule has 4 N–H and O–H groups in total. The number of carbonyl (C=O) groups excluding carboxylic acids is 1. The summed E-state index contributed by atoms with van der Waals surface area (Å²) in [4.78, 5) is 16.0. The number of piperidine rings is 1. The summed E-state index contributed by atoms with van der Waals surface area (Å²) in [6.07, 6.45) is 4.20. The van der Waals surface area contributed by atoms with Crippen molar-refractivity contribution in [2.24, 2.45) is 0 Å². The molecule has 7 nitrogen and oxygen atoms in total. The van der Waals surface area contributed by atoms with E-state index < -0.39 is 0 Å². The average molecular weight is 320 g/mol. The molecule has 0 aliphatic carbocycles. The van der Waals surface area contributed by atoms with E-state index in [2.05, 4.69) is 20.7 Å². The maximum Gasteiger partial charge on any atom is 0.242 e. The summed E-state index contributed by atoms with van der Waals surface area (Å²) >= 11 is 1.37. The molecule has 3 heterocycles. The van der Waals surface area contributed by atoms with Gasteiger partial charge in [-0.3, -0.25) is 9.48 Å². The minimum atomic E-state index is -0.0806. The van der Waals surface area contributed by atoms with Crippen molar-refractivity contribution in [1.82, 2.24) is 25.4 Å². The highest BCUT2D eigenvalue weighted by Crippen LogP contribution is 2.21. The van der Waals surface area contributed by atoms with Crippen molar-refractivity contribution < 1.29 is 4.79 Å². The summed E-state index contributed by atoms with van der Waals surface area (Å²) in [6.45, 7) is 2.67. The molecule has 1 aliphatic rings. The summed E-state index contributed by atoms with van der Waals surface area (Å²) in [7, 11) is 0. The van der Waals surface area contributed by atoms with Gasteiger partial charge in [0.05, 0.1) is 17.9 Å². The van der Waals surface area contributed by atoms with Crippen LogP contribution >= 0.6 is 11.3 Å². The van der Waals surface area contributed by atoms with E-state index in [0.29, 0.717) is 17.6 Å². The topological polar surface area (TPSA) is 97.9 Å². The highest BCUT2D eigenvalue weighted by atomic mass is 32.1. The van der Waals surface area contributed by atoms with E-state index in [1.54, 1.807) is 4.68 Å². The smallest absolute Gasteiger partial charge is 0.242 e. The molecule has 1 saturated heterocycles. The second-order valence-electron chi connectivity index (χ2n) is 5.44. The van der Waals surface area contributed by atoms with Gasteiger partial charge in [-0.25, -0.2) is 4.98 Å². The molecule has 1 fully saturated rings. The van der Waals surface area contributed by atoms with Crippen molar-refractivity contribution in [1.29, 1.82) is 0 Å². The standard InChI is InChI=1S/C14H20N6OS/c15-14-18-11(9-22-14)7-17-13(21)8-20-5-3-12(19-20)10-2-1-4-16-6-10/h3,5,9-10,16H,1-2,4,6-8H2,(H2,15,18)(H,17,21)/t10-/m0/s1. The molecule has 0 bridgehead atoms. The second-order valence-corrected chi connectivity index (χ2v) is 6.32. The molecule has 1 aliphatic heterocycles. The number of carbonyl (C=O) groups is 1. The van der Waals surface area contributed by atoms with E-state index in [1.807, 2.05) is 17.6 Å². The maximum atomic E-state index is 11.9. The number of hydrogen-bond acceptors (Lipinski definition) is 6. The summed E-state index contributed by atoms with van der Waals surface area (Å²) in [5.41, 5.74) is 7.40. The lowest BCUT2D eigenvalue weighted by atomic mass is 9.97. The molecule has 0 radical (unpaired) electrons. The Bertz CT molecular complexity index is 631. The molecule has 8 heteroatoms. The third-order valence-corrected chi connectivity index (χ3v) is 4.44.